The molecule has 0 aliphatic carbocycles. The van der Waals surface area contributed by atoms with Gasteiger partial charge in [-0.25, -0.2) is 0 Å². The fraction of sp³-hybridized carbons (Fsp3) is 0.273. The van der Waals surface area contributed by atoms with Gasteiger partial charge in [-0.05, 0) is 54.7 Å². The van der Waals surface area contributed by atoms with E-state index < -0.39 is 0 Å². The molecule has 5 heteroatoms. The van der Waals surface area contributed by atoms with E-state index in [0.29, 0.717) is 6.61 Å². The van der Waals surface area contributed by atoms with Gasteiger partial charge in [0.2, 0.25) is 0 Å². The number of hydrogen-bond acceptors (Lipinski definition) is 5. The summed E-state index contributed by atoms with van der Waals surface area (Å²) in [7, 11) is 1.69. The molecule has 2 aromatic carbocycles. The molecule has 5 nitrogen and oxygen atoms in total. The predicted molar refractivity (Wildman–Crippen MR) is 106 cm³/mol. The number of hydrogen-bond donors (Lipinski definition) is 1. The highest BCUT2D eigenvalue weighted by Crippen LogP contribution is 2.40. The van der Waals surface area contributed by atoms with Gasteiger partial charge in [0, 0.05) is 24.6 Å². The highest BCUT2D eigenvalue weighted by atomic mass is 16.5. The third-order valence-electron chi connectivity index (χ3n) is 4.78. The van der Waals surface area contributed by atoms with Crippen LogP contribution in [0.5, 0.6) is 11.5 Å². The van der Waals surface area contributed by atoms with E-state index in [0.717, 1.165) is 41.3 Å². The van der Waals surface area contributed by atoms with Crippen molar-refractivity contribution in [1.82, 2.24) is 9.97 Å². The van der Waals surface area contributed by atoms with Crippen LogP contribution in [0.1, 0.15) is 24.1 Å². The first-order chi connectivity index (χ1) is 13.3. The van der Waals surface area contributed by atoms with Gasteiger partial charge in [-0.2, -0.15) is 0 Å². The lowest BCUT2D eigenvalue weighted by atomic mass is 9.98. The molecular weight excluding hydrogens is 338 g/mol. The second kappa shape index (κ2) is 8.08. The van der Waals surface area contributed by atoms with Gasteiger partial charge in [0.05, 0.1) is 24.6 Å². The lowest BCUT2D eigenvalue weighted by Gasteiger charge is -2.17. The molecule has 0 amide bonds. The number of aryl methyl sites for hydroxylation is 1. The van der Waals surface area contributed by atoms with Crippen molar-refractivity contribution in [2.24, 2.45) is 0 Å². The van der Waals surface area contributed by atoms with E-state index in [1.54, 1.807) is 25.7 Å². The summed E-state index contributed by atoms with van der Waals surface area (Å²) in [6.07, 6.45) is 8.53. The smallest absolute Gasteiger partial charge is 0.132 e. The van der Waals surface area contributed by atoms with Crippen molar-refractivity contribution in [3.8, 4) is 22.6 Å². The summed E-state index contributed by atoms with van der Waals surface area (Å²) in [5.41, 5.74) is 5.43. The van der Waals surface area contributed by atoms with Crippen LogP contribution in [0.3, 0.4) is 0 Å². The molecule has 4 rings (SSSR count). The molecule has 1 N–H and O–H groups in total. The zero-order chi connectivity index (χ0) is 18.5. The molecule has 27 heavy (non-hydrogen) atoms. The molecule has 1 aliphatic heterocycles. The van der Waals surface area contributed by atoms with Crippen LogP contribution in [-0.2, 0) is 13.0 Å². The van der Waals surface area contributed by atoms with Gasteiger partial charge in [-0.15, -0.1) is 0 Å². The molecule has 2 heterocycles. The topological polar surface area (TPSA) is 56.3 Å². The van der Waals surface area contributed by atoms with Crippen LogP contribution in [0.15, 0.2) is 55.0 Å². The second-order valence-corrected chi connectivity index (χ2v) is 6.57. The Morgan fingerprint density at radius 3 is 2.85 bits per heavy atom. The van der Waals surface area contributed by atoms with Crippen LogP contribution in [-0.4, -0.2) is 23.6 Å². The first-order valence-corrected chi connectivity index (χ1v) is 9.27. The number of methoxy groups -OCH3 is 1. The number of aromatic nitrogens is 2. The first kappa shape index (κ1) is 17.3. The summed E-state index contributed by atoms with van der Waals surface area (Å²) < 4.78 is 11.7. The van der Waals surface area contributed by atoms with Gasteiger partial charge in [-0.3, -0.25) is 9.97 Å². The molecular formula is C22H23N3O2. The monoisotopic (exact) mass is 361 g/mol. The lowest BCUT2D eigenvalue weighted by Crippen LogP contribution is -2.02. The van der Waals surface area contributed by atoms with E-state index in [2.05, 4.69) is 33.5 Å². The van der Waals surface area contributed by atoms with E-state index in [-0.39, 0.29) is 0 Å². The Kier molecular flexibility index (Phi) is 5.19. The standard InChI is InChI=1S/C22H23N3O2/c1-26-20-6-4-7-21(27-15-18-14-23-11-12-24-18)22(20)17-8-9-19-16(13-17)5-2-3-10-25-19/h4,6-9,11-14,25H,2-3,5,10,15H2,1H3. The molecule has 0 saturated heterocycles. The Hall–Kier alpha value is -3.08. The maximum absolute atomic E-state index is 6.09. The van der Waals surface area contributed by atoms with E-state index in [9.17, 15) is 0 Å². The molecule has 138 valence electrons. The van der Waals surface area contributed by atoms with E-state index in [1.807, 2.05) is 18.2 Å². The summed E-state index contributed by atoms with van der Waals surface area (Å²) in [4.78, 5) is 8.37. The van der Waals surface area contributed by atoms with Gasteiger partial charge in [-0.1, -0.05) is 12.1 Å². The summed E-state index contributed by atoms with van der Waals surface area (Å²) >= 11 is 0. The molecule has 3 aromatic rings. The van der Waals surface area contributed by atoms with Gasteiger partial charge < -0.3 is 14.8 Å². The van der Waals surface area contributed by atoms with Crippen LogP contribution < -0.4 is 14.8 Å². The molecule has 1 aromatic heterocycles. The number of nitrogens with zero attached hydrogens (tertiary/aromatic N) is 2. The van der Waals surface area contributed by atoms with Crippen molar-refractivity contribution >= 4 is 5.69 Å². The molecule has 0 spiro atoms. The number of ether oxygens (including phenoxy) is 2. The van der Waals surface area contributed by atoms with Crippen LogP contribution in [0, 0.1) is 0 Å². The Balaban J connectivity index is 1.69. The Morgan fingerprint density at radius 1 is 1.07 bits per heavy atom. The molecule has 0 atom stereocenters. The van der Waals surface area contributed by atoms with Gasteiger partial charge in [0.15, 0.2) is 0 Å². The Bertz CT molecular complexity index is 913. The van der Waals surface area contributed by atoms with Crippen molar-refractivity contribution < 1.29 is 9.47 Å². The van der Waals surface area contributed by atoms with Crippen LogP contribution in [0.4, 0.5) is 5.69 Å². The Morgan fingerprint density at radius 2 is 2.00 bits per heavy atom. The van der Waals surface area contributed by atoms with E-state index in [1.165, 1.54) is 24.1 Å². The summed E-state index contributed by atoms with van der Waals surface area (Å²) in [6.45, 7) is 1.40. The van der Waals surface area contributed by atoms with Gasteiger partial charge in [0.25, 0.3) is 0 Å². The van der Waals surface area contributed by atoms with Crippen molar-refractivity contribution in [3.63, 3.8) is 0 Å². The van der Waals surface area contributed by atoms with Crippen LogP contribution >= 0.6 is 0 Å². The number of fused-ring (bicyclic) bond motifs is 1. The highest BCUT2D eigenvalue weighted by molar-refractivity contribution is 5.79. The fourth-order valence-corrected chi connectivity index (χ4v) is 3.43. The van der Waals surface area contributed by atoms with Gasteiger partial charge >= 0.3 is 0 Å². The fourth-order valence-electron chi connectivity index (χ4n) is 3.43. The minimum absolute atomic E-state index is 0.362. The van der Waals surface area contributed by atoms with E-state index in [4.69, 9.17) is 9.47 Å². The van der Waals surface area contributed by atoms with Crippen molar-refractivity contribution in [2.45, 2.75) is 25.9 Å². The molecule has 0 unspecified atom stereocenters. The second-order valence-electron chi connectivity index (χ2n) is 6.57. The zero-order valence-corrected chi connectivity index (χ0v) is 15.4. The average molecular weight is 361 g/mol. The summed E-state index contributed by atoms with van der Waals surface area (Å²) in [5.74, 6) is 1.58. The molecule has 0 fully saturated rings. The van der Waals surface area contributed by atoms with Crippen LogP contribution in [0.25, 0.3) is 11.1 Å². The normalized spacial score (nSPS) is 13.2. The minimum Gasteiger partial charge on any atom is -0.496 e. The largest absolute Gasteiger partial charge is 0.496 e. The highest BCUT2D eigenvalue weighted by Gasteiger charge is 2.16. The summed E-state index contributed by atoms with van der Waals surface area (Å²) in [5, 5.41) is 3.52. The maximum Gasteiger partial charge on any atom is 0.132 e. The molecule has 1 aliphatic rings. The van der Waals surface area contributed by atoms with Gasteiger partial charge in [0.1, 0.15) is 18.1 Å². The SMILES string of the molecule is COc1cccc(OCc2cnccn2)c1-c1ccc2c(c1)CCCCN2. The van der Waals surface area contributed by atoms with Crippen molar-refractivity contribution in [1.29, 1.82) is 0 Å². The third-order valence-corrected chi connectivity index (χ3v) is 4.78. The molecule has 0 radical (unpaired) electrons. The van der Waals surface area contributed by atoms with Crippen molar-refractivity contribution in [2.75, 3.05) is 19.0 Å². The first-order valence-electron chi connectivity index (χ1n) is 9.27. The number of benzene rings is 2. The molecule has 0 bridgehead atoms. The Labute approximate surface area is 159 Å². The van der Waals surface area contributed by atoms with Crippen LogP contribution in [0.2, 0.25) is 0 Å². The quantitative estimate of drug-likeness (QED) is 0.726. The van der Waals surface area contributed by atoms with Crippen molar-refractivity contribution in [3.05, 3.63) is 66.2 Å². The minimum atomic E-state index is 0.362. The summed E-state index contributed by atoms with van der Waals surface area (Å²) in [6, 6.07) is 12.4. The maximum atomic E-state index is 6.09. The molecule has 0 saturated carbocycles. The zero-order valence-electron chi connectivity index (χ0n) is 15.4. The average Bonchev–Trinajstić information content (AvgIpc) is 2.97. The van der Waals surface area contributed by atoms with E-state index >= 15 is 0 Å². The number of rotatable bonds is 5. The number of anilines is 1. The predicted octanol–water partition coefficient (Wildman–Crippen LogP) is 4.48. The lowest BCUT2D eigenvalue weighted by molar-refractivity contribution is 0.300. The third kappa shape index (κ3) is 3.87. The number of nitrogens with one attached hydrogen (secondary N) is 1.